The average Bonchev–Trinajstić information content (AvgIpc) is 2.48. The number of rotatable bonds is 6. The molecule has 1 fully saturated rings. The second-order valence-corrected chi connectivity index (χ2v) is 5.97. The van der Waals surface area contributed by atoms with Crippen molar-refractivity contribution in [3.63, 3.8) is 0 Å². The van der Waals surface area contributed by atoms with Crippen molar-refractivity contribution in [2.75, 3.05) is 26.2 Å². The Morgan fingerprint density at radius 3 is 2.50 bits per heavy atom. The van der Waals surface area contributed by atoms with E-state index in [2.05, 4.69) is 24.1 Å². The number of halogens is 1. The second kappa shape index (κ2) is 7.75. The zero-order chi connectivity index (χ0) is 14.4. The van der Waals surface area contributed by atoms with Gasteiger partial charge in [-0.15, -0.1) is 0 Å². The molecule has 1 atom stereocenters. The highest BCUT2D eigenvalue weighted by Gasteiger charge is 2.22. The fraction of sp³-hybridized carbons (Fsp3) is 0.647. The van der Waals surface area contributed by atoms with Crippen LogP contribution in [0.2, 0.25) is 0 Å². The lowest BCUT2D eigenvalue weighted by Gasteiger charge is -2.36. The molecular weight excluding hydrogens is 251 g/mol. The molecule has 0 aromatic heterocycles. The Balaban J connectivity index is 1.76. The molecule has 0 spiro atoms. The van der Waals surface area contributed by atoms with E-state index in [1.54, 1.807) is 12.1 Å². The van der Waals surface area contributed by atoms with E-state index in [-0.39, 0.29) is 5.82 Å². The van der Waals surface area contributed by atoms with Crippen LogP contribution in [-0.2, 0) is 6.42 Å². The highest BCUT2D eigenvalue weighted by atomic mass is 19.1. The first kappa shape index (κ1) is 15.5. The van der Waals surface area contributed by atoms with Gasteiger partial charge in [0.2, 0.25) is 0 Å². The van der Waals surface area contributed by atoms with Crippen LogP contribution in [0.3, 0.4) is 0 Å². The van der Waals surface area contributed by atoms with Gasteiger partial charge < -0.3 is 10.2 Å². The third-order valence-electron chi connectivity index (χ3n) is 4.40. The fourth-order valence-electron chi connectivity index (χ4n) is 3.04. The van der Waals surface area contributed by atoms with Gasteiger partial charge >= 0.3 is 0 Å². The molecule has 1 heterocycles. The maximum atomic E-state index is 12.9. The highest BCUT2D eigenvalue weighted by Crippen LogP contribution is 2.20. The van der Waals surface area contributed by atoms with Crippen LogP contribution in [0, 0.1) is 11.7 Å². The van der Waals surface area contributed by atoms with Crippen LogP contribution >= 0.6 is 0 Å². The number of nitrogens with zero attached hydrogens (tertiary/aromatic N) is 1. The first-order valence-corrected chi connectivity index (χ1v) is 7.88. The normalized spacial score (nSPS) is 19.1. The van der Waals surface area contributed by atoms with E-state index in [0.29, 0.717) is 6.04 Å². The number of likely N-dealkylation sites (tertiary alicyclic amines) is 1. The minimum atomic E-state index is -0.148. The van der Waals surface area contributed by atoms with Crippen molar-refractivity contribution < 1.29 is 4.39 Å². The third-order valence-corrected chi connectivity index (χ3v) is 4.40. The highest BCUT2D eigenvalue weighted by molar-refractivity contribution is 5.17. The van der Waals surface area contributed by atoms with Crippen LogP contribution in [0.25, 0.3) is 0 Å². The summed E-state index contributed by atoms with van der Waals surface area (Å²) in [6.07, 6.45) is 3.60. The number of hydrogen-bond acceptors (Lipinski definition) is 2. The topological polar surface area (TPSA) is 15.3 Å². The quantitative estimate of drug-likeness (QED) is 0.860. The van der Waals surface area contributed by atoms with E-state index in [4.69, 9.17) is 0 Å². The van der Waals surface area contributed by atoms with Crippen molar-refractivity contribution in [2.45, 2.75) is 39.2 Å². The number of benzene rings is 1. The first-order chi connectivity index (χ1) is 9.69. The lowest BCUT2D eigenvalue weighted by molar-refractivity contribution is 0.139. The van der Waals surface area contributed by atoms with Crippen molar-refractivity contribution in [3.05, 3.63) is 35.6 Å². The molecule has 0 amide bonds. The van der Waals surface area contributed by atoms with E-state index in [0.717, 1.165) is 25.4 Å². The Kier molecular flexibility index (Phi) is 5.99. The largest absolute Gasteiger partial charge is 0.317 e. The van der Waals surface area contributed by atoms with Gasteiger partial charge in [0, 0.05) is 6.04 Å². The van der Waals surface area contributed by atoms with Crippen LogP contribution in [0.5, 0.6) is 0 Å². The van der Waals surface area contributed by atoms with Gasteiger partial charge in [-0.05, 0) is 76.0 Å². The molecule has 20 heavy (non-hydrogen) atoms. The van der Waals surface area contributed by atoms with E-state index < -0.39 is 0 Å². The Morgan fingerprint density at radius 2 is 1.90 bits per heavy atom. The summed E-state index contributed by atoms with van der Waals surface area (Å²) >= 11 is 0. The SMILES string of the molecule is CCNCC1CCN(C(C)Cc2ccc(F)cc2)CC1. The van der Waals surface area contributed by atoms with Gasteiger partial charge in [0.05, 0.1) is 0 Å². The van der Waals surface area contributed by atoms with Crippen LogP contribution in [0.4, 0.5) is 4.39 Å². The standard InChI is InChI=1S/C17H27FN2/c1-3-19-13-16-8-10-20(11-9-16)14(2)12-15-4-6-17(18)7-5-15/h4-7,14,16,19H,3,8-13H2,1-2H3. The summed E-state index contributed by atoms with van der Waals surface area (Å²) < 4.78 is 12.9. The smallest absolute Gasteiger partial charge is 0.123 e. The van der Waals surface area contributed by atoms with Crippen LogP contribution < -0.4 is 5.32 Å². The van der Waals surface area contributed by atoms with Gasteiger partial charge in [0.25, 0.3) is 0 Å². The van der Waals surface area contributed by atoms with E-state index in [1.807, 2.05) is 12.1 Å². The fourth-order valence-corrected chi connectivity index (χ4v) is 3.04. The Hall–Kier alpha value is -0.930. The lowest BCUT2D eigenvalue weighted by Crippen LogP contribution is -2.42. The van der Waals surface area contributed by atoms with Crippen LogP contribution in [0.1, 0.15) is 32.3 Å². The molecular formula is C17H27FN2. The van der Waals surface area contributed by atoms with Gasteiger partial charge in [0.1, 0.15) is 5.82 Å². The predicted molar refractivity (Wildman–Crippen MR) is 82.4 cm³/mol. The van der Waals surface area contributed by atoms with Crippen LogP contribution in [-0.4, -0.2) is 37.1 Å². The monoisotopic (exact) mass is 278 g/mol. The summed E-state index contributed by atoms with van der Waals surface area (Å²) in [4.78, 5) is 2.58. The van der Waals surface area contributed by atoms with Gasteiger partial charge in [-0.3, -0.25) is 0 Å². The summed E-state index contributed by atoms with van der Waals surface area (Å²) in [5.41, 5.74) is 1.23. The zero-order valence-electron chi connectivity index (χ0n) is 12.7. The van der Waals surface area contributed by atoms with Crippen molar-refractivity contribution >= 4 is 0 Å². The zero-order valence-corrected chi connectivity index (χ0v) is 12.7. The number of hydrogen-bond donors (Lipinski definition) is 1. The van der Waals surface area contributed by atoms with Gasteiger partial charge in [-0.1, -0.05) is 19.1 Å². The van der Waals surface area contributed by atoms with Crippen molar-refractivity contribution in [1.82, 2.24) is 10.2 Å². The molecule has 1 aliphatic rings. The number of nitrogens with one attached hydrogen (secondary N) is 1. The van der Waals surface area contributed by atoms with Gasteiger partial charge in [-0.2, -0.15) is 0 Å². The molecule has 0 radical (unpaired) electrons. The van der Waals surface area contributed by atoms with E-state index >= 15 is 0 Å². The lowest BCUT2D eigenvalue weighted by atomic mass is 9.94. The summed E-state index contributed by atoms with van der Waals surface area (Å²) in [6.45, 7) is 9.07. The maximum Gasteiger partial charge on any atom is 0.123 e. The molecule has 1 aromatic carbocycles. The molecule has 1 aliphatic heterocycles. The average molecular weight is 278 g/mol. The molecule has 0 saturated carbocycles. The number of piperidine rings is 1. The van der Waals surface area contributed by atoms with Gasteiger partial charge in [-0.25, -0.2) is 4.39 Å². The predicted octanol–water partition coefficient (Wildman–Crippen LogP) is 3.08. The van der Waals surface area contributed by atoms with Gasteiger partial charge in [0.15, 0.2) is 0 Å². The molecule has 1 N–H and O–H groups in total. The summed E-state index contributed by atoms with van der Waals surface area (Å²) in [6, 6.07) is 7.48. The van der Waals surface area contributed by atoms with Crippen molar-refractivity contribution in [3.8, 4) is 0 Å². The summed E-state index contributed by atoms with van der Waals surface area (Å²) in [5, 5.41) is 3.45. The molecule has 0 aliphatic carbocycles. The second-order valence-electron chi connectivity index (χ2n) is 5.97. The first-order valence-electron chi connectivity index (χ1n) is 7.88. The molecule has 2 rings (SSSR count). The molecule has 2 nitrogen and oxygen atoms in total. The molecule has 3 heteroatoms. The van der Waals surface area contributed by atoms with Crippen LogP contribution in [0.15, 0.2) is 24.3 Å². The maximum absolute atomic E-state index is 12.9. The molecule has 1 aromatic rings. The Bertz CT molecular complexity index is 382. The van der Waals surface area contributed by atoms with Crippen molar-refractivity contribution in [1.29, 1.82) is 0 Å². The van der Waals surface area contributed by atoms with Crippen molar-refractivity contribution in [2.24, 2.45) is 5.92 Å². The van der Waals surface area contributed by atoms with E-state index in [9.17, 15) is 4.39 Å². The molecule has 112 valence electrons. The molecule has 0 bridgehead atoms. The molecule has 1 saturated heterocycles. The minimum Gasteiger partial charge on any atom is -0.317 e. The Morgan fingerprint density at radius 1 is 1.25 bits per heavy atom. The molecule has 1 unspecified atom stereocenters. The third kappa shape index (κ3) is 4.57. The summed E-state index contributed by atoms with van der Waals surface area (Å²) in [7, 11) is 0. The minimum absolute atomic E-state index is 0.148. The van der Waals surface area contributed by atoms with E-state index in [1.165, 1.54) is 31.5 Å². The summed E-state index contributed by atoms with van der Waals surface area (Å²) in [5.74, 6) is 0.690. The Labute approximate surface area is 122 Å².